The van der Waals surface area contributed by atoms with Gasteiger partial charge in [-0.15, -0.1) is 0 Å². The largest absolute Gasteiger partial charge is 0.465 e. The highest BCUT2D eigenvalue weighted by Gasteiger charge is 2.29. The van der Waals surface area contributed by atoms with Gasteiger partial charge in [0.25, 0.3) is 0 Å². The topological polar surface area (TPSA) is 120 Å². The number of amides is 2. The molecule has 0 saturated carbocycles. The molecule has 0 radical (unpaired) electrons. The predicted octanol–water partition coefficient (Wildman–Crippen LogP) is 2.62. The lowest BCUT2D eigenvalue weighted by atomic mass is 9.95. The van der Waals surface area contributed by atoms with E-state index in [2.05, 4.69) is 10.5 Å². The van der Waals surface area contributed by atoms with Gasteiger partial charge in [-0.3, -0.25) is 19.2 Å². The van der Waals surface area contributed by atoms with Crippen molar-refractivity contribution in [1.82, 2.24) is 20.1 Å². The van der Waals surface area contributed by atoms with Crippen molar-refractivity contribution in [2.75, 3.05) is 49.3 Å². The Kier molecular flexibility index (Phi) is 9.35. The van der Waals surface area contributed by atoms with Crippen molar-refractivity contribution in [3.8, 4) is 0 Å². The number of carbonyl (C=O) groups excluding carboxylic acids is 2. The van der Waals surface area contributed by atoms with Crippen LogP contribution in [0.2, 0.25) is 0 Å². The van der Waals surface area contributed by atoms with Crippen molar-refractivity contribution in [3.05, 3.63) is 41.7 Å². The van der Waals surface area contributed by atoms with E-state index in [0.29, 0.717) is 83.7 Å². The summed E-state index contributed by atoms with van der Waals surface area (Å²) in [6.45, 7) is 7.97. The highest BCUT2D eigenvalue weighted by molar-refractivity contribution is 5.88. The van der Waals surface area contributed by atoms with Crippen LogP contribution in [0.25, 0.3) is 0 Å². The number of aromatic nitrogens is 2. The lowest BCUT2D eigenvalue weighted by Crippen LogP contribution is -2.55. The van der Waals surface area contributed by atoms with Gasteiger partial charge in [-0.25, -0.2) is 10.2 Å². The number of ketones is 1. The summed E-state index contributed by atoms with van der Waals surface area (Å²) in [6.07, 6.45) is 5.49. The van der Waals surface area contributed by atoms with Gasteiger partial charge < -0.3 is 19.8 Å². The lowest BCUT2D eigenvalue weighted by molar-refractivity contribution is -0.135. The van der Waals surface area contributed by atoms with Gasteiger partial charge in [-0.05, 0) is 43.4 Å². The fourth-order valence-electron chi connectivity index (χ4n) is 5.01. The van der Waals surface area contributed by atoms with E-state index in [1.807, 2.05) is 52.8 Å². The summed E-state index contributed by atoms with van der Waals surface area (Å²) in [6, 6.07) is 5.20. The number of ether oxygens (including phenoxy) is 1. The zero-order valence-corrected chi connectivity index (χ0v) is 22.3. The molecule has 11 nitrogen and oxygen atoms in total. The Labute approximate surface area is 223 Å². The molecular weight excluding hydrogens is 488 g/mol. The molecule has 0 aliphatic carbocycles. The third-order valence-corrected chi connectivity index (χ3v) is 7.17. The number of nitrogens with zero attached hydrogens (tertiary/aromatic N) is 5. The summed E-state index contributed by atoms with van der Waals surface area (Å²) in [7, 11) is 0. The highest BCUT2D eigenvalue weighted by atomic mass is 16.5. The normalized spacial score (nSPS) is 18.1. The van der Waals surface area contributed by atoms with Crippen LogP contribution < -0.4 is 15.3 Å². The Morgan fingerprint density at radius 1 is 1.24 bits per heavy atom. The lowest BCUT2D eigenvalue weighted by Gasteiger charge is -2.34. The van der Waals surface area contributed by atoms with Crippen LogP contribution in [0, 0.1) is 6.92 Å². The molecule has 2 N–H and O–H groups in total. The van der Waals surface area contributed by atoms with Crippen LogP contribution in [0.15, 0.2) is 30.6 Å². The number of Topliss-reactive ketones (excluding diaryl/α,β-unsaturated/α-hetero) is 1. The maximum atomic E-state index is 12.8. The van der Waals surface area contributed by atoms with Gasteiger partial charge in [0.15, 0.2) is 5.78 Å². The Morgan fingerprint density at radius 2 is 2.03 bits per heavy atom. The van der Waals surface area contributed by atoms with Gasteiger partial charge in [0.05, 0.1) is 36.8 Å². The Morgan fingerprint density at radius 3 is 2.76 bits per heavy atom. The monoisotopic (exact) mass is 526 g/mol. The third-order valence-electron chi connectivity index (χ3n) is 7.17. The first-order chi connectivity index (χ1) is 18.4. The molecule has 0 spiro atoms. The van der Waals surface area contributed by atoms with Crippen LogP contribution in [0.3, 0.4) is 0 Å². The second-order valence-electron chi connectivity index (χ2n) is 9.81. The molecule has 1 unspecified atom stereocenters. The smallest absolute Gasteiger partial charge is 0.411 e. The average Bonchev–Trinajstić information content (AvgIpc) is 3.39. The summed E-state index contributed by atoms with van der Waals surface area (Å²) >= 11 is 0. The summed E-state index contributed by atoms with van der Waals surface area (Å²) in [4.78, 5) is 40.2. The maximum absolute atomic E-state index is 12.8. The van der Waals surface area contributed by atoms with E-state index in [1.165, 1.54) is 4.90 Å². The molecule has 2 saturated heterocycles. The van der Waals surface area contributed by atoms with Crippen molar-refractivity contribution in [1.29, 1.82) is 0 Å². The van der Waals surface area contributed by atoms with Gasteiger partial charge in [-0.1, -0.05) is 19.1 Å². The fraction of sp³-hybridized carbons (Fsp3) is 0.556. The quantitative estimate of drug-likeness (QED) is 0.485. The number of hydrazine groups is 1. The van der Waals surface area contributed by atoms with E-state index in [0.717, 1.165) is 16.8 Å². The van der Waals surface area contributed by atoms with Crippen LogP contribution in [-0.2, 0) is 27.3 Å². The Hall–Kier alpha value is -3.44. The number of anilines is 2. The Balaban J connectivity index is 1.35. The molecule has 3 heterocycles. The minimum atomic E-state index is -0.979. The molecule has 38 heavy (non-hydrogen) atoms. The molecule has 1 aromatic heterocycles. The molecule has 0 bridgehead atoms. The molecule has 4 rings (SSSR count). The number of aryl methyl sites for hydroxylation is 1. The minimum absolute atomic E-state index is 0.128. The summed E-state index contributed by atoms with van der Waals surface area (Å²) in [5, 5.41) is 16.1. The molecule has 2 aliphatic heterocycles. The number of hydrogen-bond acceptors (Lipinski definition) is 7. The zero-order valence-electron chi connectivity index (χ0n) is 22.3. The van der Waals surface area contributed by atoms with Gasteiger partial charge in [0, 0.05) is 51.8 Å². The summed E-state index contributed by atoms with van der Waals surface area (Å²) in [5.41, 5.74) is 6.69. The van der Waals surface area contributed by atoms with E-state index in [9.17, 15) is 19.5 Å². The second kappa shape index (κ2) is 12.9. The average molecular weight is 527 g/mol. The zero-order chi connectivity index (χ0) is 27.1. The summed E-state index contributed by atoms with van der Waals surface area (Å²) in [5.74, 6) is 0.281. The molecule has 2 amide bonds. The minimum Gasteiger partial charge on any atom is -0.465 e. The maximum Gasteiger partial charge on any atom is 0.411 e. The van der Waals surface area contributed by atoms with Crippen LogP contribution in [0.1, 0.15) is 43.7 Å². The van der Waals surface area contributed by atoms with E-state index in [1.54, 1.807) is 6.20 Å². The number of benzene rings is 1. The molecule has 11 heteroatoms. The van der Waals surface area contributed by atoms with Gasteiger partial charge in [0.2, 0.25) is 5.91 Å². The van der Waals surface area contributed by atoms with Crippen molar-refractivity contribution >= 4 is 29.2 Å². The molecular formula is C27H38N6O5. The molecule has 1 aromatic carbocycles. The van der Waals surface area contributed by atoms with Gasteiger partial charge >= 0.3 is 6.09 Å². The highest BCUT2D eigenvalue weighted by Crippen LogP contribution is 2.26. The number of morpholine rings is 1. The number of hydrogen-bond donors (Lipinski definition) is 2. The molecule has 1 atom stereocenters. The Bertz CT molecular complexity index is 1130. The fourth-order valence-corrected chi connectivity index (χ4v) is 5.01. The molecule has 2 aromatic rings. The summed E-state index contributed by atoms with van der Waals surface area (Å²) < 4.78 is 7.14. The first-order valence-electron chi connectivity index (χ1n) is 13.4. The third kappa shape index (κ3) is 6.70. The van der Waals surface area contributed by atoms with Crippen molar-refractivity contribution in [3.63, 3.8) is 0 Å². The van der Waals surface area contributed by atoms with Crippen LogP contribution >= 0.6 is 0 Å². The van der Waals surface area contributed by atoms with Crippen molar-refractivity contribution in [2.24, 2.45) is 0 Å². The van der Waals surface area contributed by atoms with Crippen molar-refractivity contribution in [2.45, 2.75) is 58.5 Å². The van der Waals surface area contributed by atoms with E-state index in [-0.39, 0.29) is 11.7 Å². The van der Waals surface area contributed by atoms with E-state index >= 15 is 0 Å². The van der Waals surface area contributed by atoms with Crippen molar-refractivity contribution < 1.29 is 24.2 Å². The number of carbonyl (C=O) groups is 3. The van der Waals surface area contributed by atoms with E-state index in [4.69, 9.17) is 4.74 Å². The number of nitrogens with one attached hydrogen (secondary N) is 1. The molecule has 2 fully saturated rings. The standard InChI is InChI=1S/C27H38N6O5/c1-3-10-32(27(36)37)24-7-4-6-21(20(24)2)17-23-25(34)9-12-33(29-23)22-18-28-31(19-22)11-5-8-26(35)30-13-15-38-16-14-30/h4,6-7,18-19,23,29H,3,5,8-17H2,1-2H3,(H,36,37). The van der Waals surface area contributed by atoms with Gasteiger partial charge in [-0.2, -0.15) is 5.10 Å². The van der Waals surface area contributed by atoms with Crippen LogP contribution in [0.5, 0.6) is 0 Å². The molecule has 206 valence electrons. The SMILES string of the molecule is CCCN(C(=O)O)c1cccc(CC2NN(c3cnn(CCCC(=O)N4CCOCC4)c3)CCC2=O)c1C. The second-order valence-corrected chi connectivity index (χ2v) is 9.81. The number of rotatable bonds is 10. The first-order valence-corrected chi connectivity index (χ1v) is 13.4. The van der Waals surface area contributed by atoms with Crippen LogP contribution in [-0.4, -0.2) is 83.0 Å². The number of carboxylic acid groups (broad SMARTS) is 1. The molecule has 2 aliphatic rings. The van der Waals surface area contributed by atoms with Crippen LogP contribution in [0.4, 0.5) is 16.2 Å². The van der Waals surface area contributed by atoms with Gasteiger partial charge in [0.1, 0.15) is 0 Å². The first kappa shape index (κ1) is 27.6. The van der Waals surface area contributed by atoms with E-state index < -0.39 is 12.1 Å². The predicted molar refractivity (Wildman–Crippen MR) is 143 cm³/mol.